The van der Waals surface area contributed by atoms with Crippen molar-refractivity contribution >= 4 is 44.1 Å². The van der Waals surface area contributed by atoms with Gasteiger partial charge in [0, 0.05) is 18.0 Å². The molecule has 1 aromatic heterocycles. The molecule has 0 amide bonds. The highest BCUT2D eigenvalue weighted by Gasteiger charge is 2.19. The molecule has 0 bridgehead atoms. The second kappa shape index (κ2) is 6.46. The lowest BCUT2D eigenvalue weighted by Gasteiger charge is -1.99. The molecule has 1 N–H and O–H groups in total. The van der Waals surface area contributed by atoms with Gasteiger partial charge in [-0.15, -0.1) is 0 Å². The molecule has 3 heteroatoms. The van der Waals surface area contributed by atoms with Crippen molar-refractivity contribution in [2.45, 2.75) is 13.5 Å². The number of nitrogens with zero attached hydrogens (tertiary/aromatic N) is 1. The van der Waals surface area contributed by atoms with Crippen molar-refractivity contribution < 1.29 is 4.57 Å². The molecule has 0 radical (unpaired) electrons. The van der Waals surface area contributed by atoms with Gasteiger partial charge >= 0.3 is 0 Å². The predicted octanol–water partition coefficient (Wildman–Crippen LogP) is 5.44. The van der Waals surface area contributed by atoms with Crippen LogP contribution in [-0.2, 0) is 6.54 Å². The largest absolute Gasteiger partial charge is 0.361 e. The van der Waals surface area contributed by atoms with E-state index in [2.05, 4.69) is 71.4 Å². The van der Waals surface area contributed by atoms with Crippen LogP contribution in [0.5, 0.6) is 0 Å². The van der Waals surface area contributed by atoms with Crippen molar-refractivity contribution in [1.82, 2.24) is 0 Å². The number of para-hydroxylation sites is 1. The van der Waals surface area contributed by atoms with Gasteiger partial charge in [0.1, 0.15) is 11.2 Å². The van der Waals surface area contributed by atoms with Gasteiger partial charge in [-0.05, 0) is 36.6 Å². The van der Waals surface area contributed by atoms with E-state index in [1.165, 1.54) is 26.0 Å². The molecule has 0 aliphatic heterocycles. The first-order chi connectivity index (χ1) is 11.9. The lowest BCUT2D eigenvalue weighted by atomic mass is 10.1. The Morgan fingerprint density at radius 2 is 1.75 bits per heavy atom. The van der Waals surface area contributed by atoms with Crippen LogP contribution >= 0.6 is 11.3 Å². The maximum Gasteiger partial charge on any atom is 0.264 e. The molecule has 0 atom stereocenters. The number of benzene rings is 3. The van der Waals surface area contributed by atoms with Crippen LogP contribution in [-0.4, -0.2) is 0 Å². The van der Waals surface area contributed by atoms with Crippen LogP contribution in [0.2, 0.25) is 0 Å². The second-order valence-corrected chi connectivity index (χ2v) is 6.72. The van der Waals surface area contributed by atoms with E-state index in [-0.39, 0.29) is 0 Å². The molecule has 0 saturated carbocycles. The number of aryl methyl sites for hydroxylation is 1. The minimum absolute atomic E-state index is 0.957. The lowest BCUT2D eigenvalue weighted by Crippen LogP contribution is -2.33. The van der Waals surface area contributed by atoms with Gasteiger partial charge in [0.25, 0.3) is 5.01 Å². The molecule has 0 spiro atoms. The third-order valence-corrected chi connectivity index (χ3v) is 5.29. The lowest BCUT2D eigenvalue weighted by molar-refractivity contribution is -0.664. The zero-order chi connectivity index (χ0) is 16.4. The molecule has 4 rings (SSSR count). The Morgan fingerprint density at radius 1 is 0.958 bits per heavy atom. The van der Waals surface area contributed by atoms with Crippen LogP contribution in [0.1, 0.15) is 11.9 Å². The van der Waals surface area contributed by atoms with Crippen LogP contribution in [0, 0.1) is 0 Å². The zero-order valence-corrected chi connectivity index (χ0v) is 14.4. The van der Waals surface area contributed by atoms with Gasteiger partial charge in [0.15, 0.2) is 0 Å². The highest BCUT2D eigenvalue weighted by Crippen LogP contribution is 2.28. The fourth-order valence-electron chi connectivity index (χ4n) is 3.06. The fraction of sp³-hybridized carbons (Fsp3) is 0.0952. The fourth-order valence-corrected chi connectivity index (χ4v) is 4.20. The molecule has 0 saturated heterocycles. The van der Waals surface area contributed by atoms with E-state index in [0.717, 1.165) is 12.2 Å². The number of fused-ring (bicyclic) bond motifs is 3. The molecule has 0 aliphatic carbocycles. The van der Waals surface area contributed by atoms with Crippen LogP contribution in [0.15, 0.2) is 72.9 Å². The average molecular weight is 331 g/mol. The number of thiazole rings is 1. The quantitative estimate of drug-likeness (QED) is 0.492. The number of nitrogens with one attached hydrogen (secondary N) is 1. The topological polar surface area (TPSA) is 15.9 Å². The Bertz CT molecular complexity index is 1020. The molecule has 2 nitrogen and oxygen atoms in total. The van der Waals surface area contributed by atoms with E-state index in [1.807, 2.05) is 35.7 Å². The molecule has 3 aromatic carbocycles. The van der Waals surface area contributed by atoms with Gasteiger partial charge in [0.2, 0.25) is 5.52 Å². The Balaban J connectivity index is 1.77. The van der Waals surface area contributed by atoms with Gasteiger partial charge in [-0.3, -0.25) is 0 Å². The first-order valence-electron chi connectivity index (χ1n) is 8.19. The highest BCUT2D eigenvalue weighted by molar-refractivity contribution is 7.19. The maximum absolute atomic E-state index is 3.34. The summed E-state index contributed by atoms with van der Waals surface area (Å²) < 4.78 is 3.72. The predicted molar refractivity (Wildman–Crippen MR) is 104 cm³/mol. The summed E-state index contributed by atoms with van der Waals surface area (Å²) in [6.07, 6.45) is 4.18. The summed E-state index contributed by atoms with van der Waals surface area (Å²) >= 11 is 1.83. The standard InChI is InChI=1S/C21H18N2S/c1-2-23-20(14-15-22-17-9-4-3-5-10-17)24-19-13-12-16-8-6-7-11-18(16)21(19)23/h3-15H,2H2,1H3/p+1. The van der Waals surface area contributed by atoms with E-state index in [1.54, 1.807) is 0 Å². The summed E-state index contributed by atoms with van der Waals surface area (Å²) in [5.41, 5.74) is 2.43. The SMILES string of the molecule is CC[n+]1c(C=CNc2ccccc2)sc2ccc3ccccc3c21. The van der Waals surface area contributed by atoms with Gasteiger partial charge in [-0.1, -0.05) is 53.8 Å². The molecular formula is C21H19N2S+. The number of anilines is 1. The van der Waals surface area contributed by atoms with Crippen LogP contribution in [0.4, 0.5) is 5.69 Å². The highest BCUT2D eigenvalue weighted by atomic mass is 32.1. The monoisotopic (exact) mass is 331 g/mol. The molecule has 0 fully saturated rings. The van der Waals surface area contributed by atoms with E-state index >= 15 is 0 Å². The van der Waals surface area contributed by atoms with E-state index in [0.29, 0.717) is 0 Å². The average Bonchev–Trinajstić information content (AvgIpc) is 3.00. The van der Waals surface area contributed by atoms with E-state index < -0.39 is 0 Å². The molecular weight excluding hydrogens is 312 g/mol. The van der Waals surface area contributed by atoms with Gasteiger partial charge < -0.3 is 5.32 Å². The maximum atomic E-state index is 3.34. The number of hydrogen-bond donors (Lipinski definition) is 1. The third kappa shape index (κ3) is 2.68. The van der Waals surface area contributed by atoms with E-state index in [4.69, 9.17) is 0 Å². The van der Waals surface area contributed by atoms with E-state index in [9.17, 15) is 0 Å². The first kappa shape index (κ1) is 14.9. The van der Waals surface area contributed by atoms with Gasteiger partial charge in [0.05, 0.1) is 5.39 Å². The van der Waals surface area contributed by atoms with Gasteiger partial charge in [-0.2, -0.15) is 4.57 Å². The third-order valence-electron chi connectivity index (χ3n) is 4.18. The number of aromatic nitrogens is 1. The Kier molecular flexibility index (Phi) is 4.01. The Labute approximate surface area is 145 Å². The summed E-state index contributed by atoms with van der Waals surface area (Å²) in [6, 6.07) is 23.3. The first-order valence-corrected chi connectivity index (χ1v) is 9.00. The molecule has 4 aromatic rings. The van der Waals surface area contributed by atoms with Crippen molar-refractivity contribution in [2.24, 2.45) is 0 Å². The molecule has 118 valence electrons. The smallest absolute Gasteiger partial charge is 0.264 e. The Morgan fingerprint density at radius 3 is 2.58 bits per heavy atom. The molecule has 0 unspecified atom stereocenters. The van der Waals surface area contributed by atoms with Crippen molar-refractivity contribution in [3.8, 4) is 0 Å². The van der Waals surface area contributed by atoms with Crippen molar-refractivity contribution in [3.63, 3.8) is 0 Å². The van der Waals surface area contributed by atoms with Crippen molar-refractivity contribution in [2.75, 3.05) is 5.32 Å². The van der Waals surface area contributed by atoms with Gasteiger partial charge in [-0.25, -0.2) is 0 Å². The van der Waals surface area contributed by atoms with Crippen LogP contribution in [0.25, 0.3) is 27.1 Å². The molecule has 0 aliphatic rings. The number of rotatable bonds is 4. The Hall–Kier alpha value is -2.65. The van der Waals surface area contributed by atoms with Crippen LogP contribution < -0.4 is 9.88 Å². The van der Waals surface area contributed by atoms with Crippen molar-refractivity contribution in [3.05, 3.63) is 77.9 Å². The van der Waals surface area contributed by atoms with Crippen LogP contribution in [0.3, 0.4) is 0 Å². The second-order valence-electron chi connectivity index (χ2n) is 5.66. The molecule has 24 heavy (non-hydrogen) atoms. The summed E-state index contributed by atoms with van der Waals surface area (Å²) in [5, 5.41) is 7.21. The minimum atomic E-state index is 0.957. The minimum Gasteiger partial charge on any atom is -0.361 e. The summed E-state index contributed by atoms with van der Waals surface area (Å²) in [7, 11) is 0. The summed E-state index contributed by atoms with van der Waals surface area (Å²) in [6.45, 7) is 3.16. The normalized spacial score (nSPS) is 11.5. The number of hydrogen-bond acceptors (Lipinski definition) is 2. The zero-order valence-electron chi connectivity index (χ0n) is 13.6. The molecule has 1 heterocycles. The summed E-state index contributed by atoms with van der Waals surface area (Å²) in [4.78, 5) is 0. The summed E-state index contributed by atoms with van der Waals surface area (Å²) in [5.74, 6) is 0. The van der Waals surface area contributed by atoms with Crippen molar-refractivity contribution in [1.29, 1.82) is 0 Å².